The van der Waals surface area contributed by atoms with Gasteiger partial charge in [-0.3, -0.25) is 0 Å². The molecule has 0 bridgehead atoms. The van der Waals surface area contributed by atoms with Crippen molar-refractivity contribution in [2.45, 2.75) is 0 Å². The normalized spacial score (nSPS) is 9.11. The van der Waals surface area contributed by atoms with Gasteiger partial charge in [-0.2, -0.15) is 0 Å². The number of hydrogen-bond donors (Lipinski definition) is 2. The molecule has 0 saturated heterocycles. The summed E-state index contributed by atoms with van der Waals surface area (Å²) < 4.78 is 0. The molecule has 9 heavy (non-hydrogen) atoms. The van der Waals surface area contributed by atoms with Crippen molar-refractivity contribution in [2.24, 2.45) is 0 Å². The van der Waals surface area contributed by atoms with Crippen molar-refractivity contribution in [3.8, 4) is 0 Å². The van der Waals surface area contributed by atoms with Crippen LogP contribution >= 0.6 is 11.3 Å². The molecule has 0 saturated carbocycles. The van der Waals surface area contributed by atoms with Crippen molar-refractivity contribution in [1.82, 2.24) is 0 Å². The van der Waals surface area contributed by atoms with Gasteiger partial charge >= 0.3 is 0 Å². The zero-order chi connectivity index (χ0) is 6.69. The molecule has 50 valence electrons. The molecule has 0 fully saturated rings. The average molecular weight is 142 g/mol. The third-order valence-corrected chi connectivity index (χ3v) is 2.09. The van der Waals surface area contributed by atoms with E-state index < -0.39 is 0 Å². The second kappa shape index (κ2) is 2.73. The van der Waals surface area contributed by atoms with Crippen molar-refractivity contribution >= 4 is 22.0 Å². The van der Waals surface area contributed by atoms with Gasteiger partial charge in [0.15, 0.2) is 0 Å². The number of hydrogen-bond acceptors (Lipinski definition) is 3. The first kappa shape index (κ1) is 6.42. The molecule has 0 amide bonds. The number of anilines is 2. The highest BCUT2D eigenvalue weighted by Crippen LogP contribution is 2.26. The van der Waals surface area contributed by atoms with E-state index in [4.69, 9.17) is 0 Å². The predicted molar refractivity (Wildman–Crippen MR) is 43.4 cm³/mol. The molecule has 0 aliphatic heterocycles. The van der Waals surface area contributed by atoms with Crippen LogP contribution in [0.15, 0.2) is 11.4 Å². The molecule has 3 heteroatoms. The first-order chi connectivity index (χ1) is 4.38. The molecule has 0 unspecified atom stereocenters. The fraction of sp³-hybridized carbons (Fsp3) is 0.333. The highest BCUT2D eigenvalue weighted by atomic mass is 32.1. The average Bonchev–Trinajstić information content (AvgIpc) is 2.33. The standard InChI is InChI=1S/C6H10N2S/c1-7-5-3-4-9-6(5)8-2/h3-4,7-8H,1-2H3. The summed E-state index contributed by atoms with van der Waals surface area (Å²) in [6, 6.07) is 2.05. The van der Waals surface area contributed by atoms with Crippen LogP contribution in [0.4, 0.5) is 10.7 Å². The third-order valence-electron chi connectivity index (χ3n) is 1.16. The van der Waals surface area contributed by atoms with Crippen molar-refractivity contribution in [3.05, 3.63) is 11.4 Å². The van der Waals surface area contributed by atoms with E-state index in [0.29, 0.717) is 0 Å². The van der Waals surface area contributed by atoms with Crippen molar-refractivity contribution in [3.63, 3.8) is 0 Å². The summed E-state index contributed by atoms with van der Waals surface area (Å²) in [7, 11) is 3.84. The van der Waals surface area contributed by atoms with Gasteiger partial charge in [0.2, 0.25) is 0 Å². The van der Waals surface area contributed by atoms with Crippen molar-refractivity contribution < 1.29 is 0 Å². The van der Waals surface area contributed by atoms with Gasteiger partial charge in [-0.05, 0) is 11.4 Å². The molecule has 1 heterocycles. The molecule has 1 aromatic heterocycles. The Kier molecular flexibility index (Phi) is 1.95. The molecule has 2 nitrogen and oxygen atoms in total. The molecular formula is C6H10N2S. The fourth-order valence-corrected chi connectivity index (χ4v) is 1.45. The van der Waals surface area contributed by atoms with E-state index in [1.165, 1.54) is 10.7 Å². The summed E-state index contributed by atoms with van der Waals surface area (Å²) in [6.07, 6.45) is 0. The quantitative estimate of drug-likeness (QED) is 0.658. The van der Waals surface area contributed by atoms with Gasteiger partial charge in [-0.15, -0.1) is 11.3 Å². The second-order valence-electron chi connectivity index (χ2n) is 1.66. The molecule has 2 N–H and O–H groups in total. The molecule has 0 spiro atoms. The number of nitrogens with one attached hydrogen (secondary N) is 2. The van der Waals surface area contributed by atoms with E-state index in [9.17, 15) is 0 Å². The topological polar surface area (TPSA) is 24.1 Å². The molecular weight excluding hydrogens is 132 g/mol. The summed E-state index contributed by atoms with van der Waals surface area (Å²) in [5.74, 6) is 0. The van der Waals surface area contributed by atoms with E-state index in [2.05, 4.69) is 22.1 Å². The van der Waals surface area contributed by atoms with E-state index in [0.717, 1.165) is 0 Å². The molecule has 1 aromatic rings. The van der Waals surface area contributed by atoms with Crippen LogP contribution in [0.5, 0.6) is 0 Å². The lowest BCUT2D eigenvalue weighted by Gasteiger charge is -1.98. The maximum Gasteiger partial charge on any atom is 0.112 e. The molecule has 0 aromatic carbocycles. The Bertz CT molecular complexity index is 164. The van der Waals surface area contributed by atoms with Gasteiger partial charge in [0.05, 0.1) is 5.69 Å². The summed E-state index contributed by atoms with van der Waals surface area (Å²) in [4.78, 5) is 0. The molecule has 0 atom stereocenters. The zero-order valence-corrected chi connectivity index (χ0v) is 6.38. The minimum atomic E-state index is 1.17. The van der Waals surface area contributed by atoms with Gasteiger partial charge in [-0.1, -0.05) is 0 Å². The smallest absolute Gasteiger partial charge is 0.112 e. The fourth-order valence-electron chi connectivity index (χ4n) is 0.700. The van der Waals surface area contributed by atoms with Gasteiger partial charge in [0, 0.05) is 14.1 Å². The Morgan fingerprint density at radius 1 is 1.33 bits per heavy atom. The predicted octanol–water partition coefficient (Wildman–Crippen LogP) is 1.83. The Balaban J connectivity index is 2.85. The van der Waals surface area contributed by atoms with Crippen LogP contribution in [-0.4, -0.2) is 14.1 Å². The van der Waals surface area contributed by atoms with Crippen molar-refractivity contribution in [1.29, 1.82) is 0 Å². The first-order valence-electron chi connectivity index (χ1n) is 2.81. The van der Waals surface area contributed by atoms with Crippen LogP contribution in [0, 0.1) is 0 Å². The summed E-state index contributed by atoms with van der Waals surface area (Å²) in [5.41, 5.74) is 1.17. The first-order valence-corrected chi connectivity index (χ1v) is 3.69. The minimum Gasteiger partial charge on any atom is -0.386 e. The van der Waals surface area contributed by atoms with Crippen molar-refractivity contribution in [2.75, 3.05) is 24.7 Å². The Hall–Kier alpha value is -0.700. The third kappa shape index (κ3) is 1.16. The highest BCUT2D eigenvalue weighted by molar-refractivity contribution is 7.14. The van der Waals surface area contributed by atoms with Gasteiger partial charge in [-0.25, -0.2) is 0 Å². The Morgan fingerprint density at radius 3 is 2.56 bits per heavy atom. The molecule has 0 radical (unpaired) electrons. The lowest BCUT2D eigenvalue weighted by atomic mass is 10.5. The minimum absolute atomic E-state index is 1.17. The van der Waals surface area contributed by atoms with Crippen LogP contribution in [0.25, 0.3) is 0 Å². The van der Waals surface area contributed by atoms with Gasteiger partial charge in [0.1, 0.15) is 5.00 Å². The maximum atomic E-state index is 3.08. The van der Waals surface area contributed by atoms with E-state index >= 15 is 0 Å². The molecule has 1 rings (SSSR count). The second-order valence-corrected chi connectivity index (χ2v) is 2.58. The molecule has 0 aliphatic carbocycles. The van der Waals surface area contributed by atoms with E-state index in [-0.39, 0.29) is 0 Å². The van der Waals surface area contributed by atoms with Crippen LogP contribution in [0.3, 0.4) is 0 Å². The monoisotopic (exact) mass is 142 g/mol. The van der Waals surface area contributed by atoms with E-state index in [1.807, 2.05) is 14.1 Å². The summed E-state index contributed by atoms with van der Waals surface area (Å²) in [6.45, 7) is 0. The van der Waals surface area contributed by atoms with Gasteiger partial charge in [0.25, 0.3) is 0 Å². The number of rotatable bonds is 2. The molecule has 0 aliphatic rings. The van der Waals surface area contributed by atoms with Crippen LogP contribution in [-0.2, 0) is 0 Å². The summed E-state index contributed by atoms with van der Waals surface area (Å²) in [5, 5.41) is 9.40. The lowest BCUT2D eigenvalue weighted by molar-refractivity contribution is 1.51. The van der Waals surface area contributed by atoms with Gasteiger partial charge < -0.3 is 10.6 Å². The number of thiophene rings is 1. The lowest BCUT2D eigenvalue weighted by Crippen LogP contribution is -1.90. The van der Waals surface area contributed by atoms with Crippen LogP contribution in [0.1, 0.15) is 0 Å². The Morgan fingerprint density at radius 2 is 2.11 bits per heavy atom. The van der Waals surface area contributed by atoms with Crippen LogP contribution in [0.2, 0.25) is 0 Å². The largest absolute Gasteiger partial charge is 0.386 e. The zero-order valence-electron chi connectivity index (χ0n) is 5.56. The Labute approximate surface area is 58.9 Å². The SMILES string of the molecule is CNc1ccsc1NC. The summed E-state index contributed by atoms with van der Waals surface area (Å²) >= 11 is 1.70. The maximum absolute atomic E-state index is 3.08. The van der Waals surface area contributed by atoms with E-state index in [1.54, 1.807) is 11.3 Å². The highest BCUT2D eigenvalue weighted by Gasteiger charge is 1.96. The van der Waals surface area contributed by atoms with Crippen LogP contribution < -0.4 is 10.6 Å².